The monoisotopic (exact) mass is 324 g/mol. The van der Waals surface area contributed by atoms with Gasteiger partial charge in [0.15, 0.2) is 0 Å². The van der Waals surface area contributed by atoms with Crippen LogP contribution in [0.25, 0.3) is 10.9 Å². The SMILES string of the molecule is CC.CC.[B]C([B])(CN(C)C)n1ccc2c3c(ccc21)OCCC3. The normalized spacial score (nSPS) is 13.3. The number of aryl methyl sites for hydroxylation is 1. The molecule has 1 aromatic heterocycles. The van der Waals surface area contributed by atoms with Crippen LogP contribution in [0.4, 0.5) is 0 Å². The van der Waals surface area contributed by atoms with E-state index in [4.69, 9.17) is 20.4 Å². The lowest BCUT2D eigenvalue weighted by Gasteiger charge is -2.32. The van der Waals surface area contributed by atoms with Gasteiger partial charge < -0.3 is 14.2 Å². The van der Waals surface area contributed by atoms with Gasteiger partial charge in [-0.3, -0.25) is 0 Å². The van der Waals surface area contributed by atoms with Gasteiger partial charge in [-0.25, -0.2) is 0 Å². The summed E-state index contributed by atoms with van der Waals surface area (Å²) in [5.41, 5.74) is 2.34. The summed E-state index contributed by atoms with van der Waals surface area (Å²) in [5.74, 6) is 0.994. The van der Waals surface area contributed by atoms with Crippen LogP contribution in [0.3, 0.4) is 0 Å². The number of benzene rings is 1. The minimum absolute atomic E-state index is 0.574. The summed E-state index contributed by atoms with van der Waals surface area (Å²) >= 11 is 0. The molecule has 0 fully saturated rings. The van der Waals surface area contributed by atoms with Gasteiger partial charge in [-0.15, -0.1) is 0 Å². The van der Waals surface area contributed by atoms with Crippen molar-refractivity contribution >= 4 is 26.6 Å². The molecule has 1 aliphatic heterocycles. The van der Waals surface area contributed by atoms with Gasteiger partial charge in [0.1, 0.15) is 5.75 Å². The molecule has 3 rings (SSSR count). The predicted octanol–water partition coefficient (Wildman–Crippen LogP) is 3.53. The molecule has 0 spiro atoms. The van der Waals surface area contributed by atoms with Crippen molar-refractivity contribution in [3.63, 3.8) is 0 Å². The second-order valence-corrected chi connectivity index (χ2v) is 5.84. The molecule has 0 N–H and O–H groups in total. The van der Waals surface area contributed by atoms with Crippen LogP contribution in [0.2, 0.25) is 0 Å². The Morgan fingerprint density at radius 3 is 2.42 bits per heavy atom. The number of aromatic nitrogens is 1. The fraction of sp³-hybridized carbons (Fsp3) is 0.579. The maximum atomic E-state index is 6.29. The largest absolute Gasteiger partial charge is 0.493 e. The van der Waals surface area contributed by atoms with Gasteiger partial charge in [0.25, 0.3) is 0 Å². The summed E-state index contributed by atoms with van der Waals surface area (Å²) < 4.78 is 7.67. The van der Waals surface area contributed by atoms with Gasteiger partial charge >= 0.3 is 0 Å². The summed E-state index contributed by atoms with van der Waals surface area (Å²) in [7, 11) is 16.5. The van der Waals surface area contributed by atoms with Crippen molar-refractivity contribution in [1.29, 1.82) is 0 Å². The van der Waals surface area contributed by atoms with Crippen molar-refractivity contribution in [1.82, 2.24) is 9.47 Å². The van der Waals surface area contributed by atoms with E-state index in [2.05, 4.69) is 6.07 Å². The van der Waals surface area contributed by atoms with Crippen LogP contribution < -0.4 is 4.74 Å². The van der Waals surface area contributed by atoms with Gasteiger partial charge in [0.2, 0.25) is 0 Å². The van der Waals surface area contributed by atoms with E-state index in [9.17, 15) is 0 Å². The molecule has 128 valence electrons. The molecular weight excluding hydrogens is 294 g/mol. The van der Waals surface area contributed by atoms with Crippen LogP contribution in [0.15, 0.2) is 24.4 Å². The van der Waals surface area contributed by atoms with Gasteiger partial charge in [-0.05, 0) is 50.5 Å². The first-order valence-corrected chi connectivity index (χ1v) is 8.98. The van der Waals surface area contributed by atoms with Crippen molar-refractivity contribution in [3.05, 3.63) is 30.0 Å². The van der Waals surface area contributed by atoms with E-state index in [0.717, 1.165) is 30.7 Å². The highest BCUT2D eigenvalue weighted by molar-refractivity contribution is 6.38. The molecule has 4 radical (unpaired) electrons. The Balaban J connectivity index is 0.000000671. The first-order chi connectivity index (χ1) is 11.5. The summed E-state index contributed by atoms with van der Waals surface area (Å²) in [6.07, 6.45) is 4.08. The van der Waals surface area contributed by atoms with Crippen LogP contribution in [0.5, 0.6) is 5.75 Å². The lowest BCUT2D eigenvalue weighted by atomic mass is 9.61. The van der Waals surface area contributed by atoms with Crippen LogP contribution in [-0.4, -0.2) is 52.4 Å². The fourth-order valence-electron chi connectivity index (χ4n) is 3.03. The quantitative estimate of drug-likeness (QED) is 0.804. The minimum atomic E-state index is -0.922. The molecule has 0 saturated carbocycles. The zero-order chi connectivity index (χ0) is 18.3. The first kappa shape index (κ1) is 20.7. The number of ether oxygens (including phenoxy) is 1. The minimum Gasteiger partial charge on any atom is -0.493 e. The third kappa shape index (κ3) is 4.38. The fourth-order valence-corrected chi connectivity index (χ4v) is 3.03. The number of hydrogen-bond donors (Lipinski definition) is 0. The first-order valence-electron chi connectivity index (χ1n) is 8.98. The number of nitrogens with zero attached hydrogens (tertiary/aromatic N) is 2. The molecule has 1 aliphatic rings. The van der Waals surface area contributed by atoms with E-state index in [0.29, 0.717) is 6.54 Å². The van der Waals surface area contributed by atoms with Gasteiger partial charge in [-0.2, -0.15) is 0 Å². The van der Waals surface area contributed by atoms with Crippen LogP contribution in [0.1, 0.15) is 39.7 Å². The Morgan fingerprint density at radius 1 is 1.12 bits per heavy atom. The summed E-state index contributed by atoms with van der Waals surface area (Å²) in [6, 6.07) is 6.16. The van der Waals surface area contributed by atoms with Crippen molar-refractivity contribution in [2.75, 3.05) is 27.2 Å². The van der Waals surface area contributed by atoms with E-state index in [-0.39, 0.29) is 0 Å². The Bertz CT molecular complexity index is 636. The third-order valence-corrected chi connectivity index (χ3v) is 3.79. The smallest absolute Gasteiger partial charge is 0.123 e. The van der Waals surface area contributed by atoms with E-state index in [1.165, 1.54) is 10.9 Å². The molecule has 24 heavy (non-hydrogen) atoms. The second kappa shape index (κ2) is 9.22. The van der Waals surface area contributed by atoms with E-state index < -0.39 is 5.34 Å². The molecule has 0 bridgehead atoms. The summed E-state index contributed by atoms with van der Waals surface area (Å²) in [4.78, 5) is 1.99. The van der Waals surface area contributed by atoms with E-state index >= 15 is 0 Å². The van der Waals surface area contributed by atoms with Gasteiger partial charge in [-0.1, -0.05) is 27.7 Å². The number of likely N-dealkylation sites (N-methyl/N-ethyl adjacent to an activating group) is 1. The van der Waals surface area contributed by atoms with E-state index in [1.54, 1.807) is 0 Å². The molecule has 5 heteroatoms. The molecule has 0 saturated heterocycles. The number of fused-ring (bicyclic) bond motifs is 3. The highest BCUT2D eigenvalue weighted by Gasteiger charge is 2.23. The highest BCUT2D eigenvalue weighted by Crippen LogP contribution is 2.33. The average Bonchev–Trinajstić information content (AvgIpc) is 3.03. The summed E-state index contributed by atoms with van der Waals surface area (Å²) in [6.45, 7) is 9.38. The topological polar surface area (TPSA) is 17.4 Å². The molecule has 0 aliphatic carbocycles. The van der Waals surface area contributed by atoms with Crippen molar-refractivity contribution < 1.29 is 4.74 Å². The third-order valence-electron chi connectivity index (χ3n) is 3.79. The maximum absolute atomic E-state index is 6.29. The Kier molecular flexibility index (Phi) is 7.95. The van der Waals surface area contributed by atoms with Crippen molar-refractivity contribution in [3.8, 4) is 5.75 Å². The Hall–Kier alpha value is -1.35. The van der Waals surface area contributed by atoms with Crippen LogP contribution in [0, 0.1) is 0 Å². The summed E-state index contributed by atoms with van der Waals surface area (Å²) in [5, 5.41) is 0.274. The Morgan fingerprint density at radius 2 is 1.79 bits per heavy atom. The average molecular weight is 324 g/mol. The molecule has 0 amide bonds. The zero-order valence-electron chi connectivity index (χ0n) is 16.1. The Labute approximate surface area is 150 Å². The molecular formula is C19H30B2N2O. The number of rotatable bonds is 3. The molecule has 2 heterocycles. The molecule has 1 aromatic carbocycles. The number of hydrogen-bond acceptors (Lipinski definition) is 2. The van der Waals surface area contributed by atoms with E-state index in [1.807, 2.05) is 69.6 Å². The lowest BCUT2D eigenvalue weighted by Crippen LogP contribution is -2.43. The van der Waals surface area contributed by atoms with Crippen LogP contribution >= 0.6 is 0 Å². The molecule has 3 nitrogen and oxygen atoms in total. The van der Waals surface area contributed by atoms with Gasteiger partial charge in [0, 0.05) is 29.2 Å². The van der Waals surface area contributed by atoms with Crippen molar-refractivity contribution in [2.45, 2.75) is 45.9 Å². The van der Waals surface area contributed by atoms with Gasteiger partial charge in [0.05, 0.1) is 22.3 Å². The standard InChI is InChI=1S/C15H18B2N2O.2C2H6/c1-18(2)10-15(16,17)19-8-7-11-12-4-3-9-20-14(12)6-5-13(11)19;2*1-2/h5-8H,3-4,9-10H2,1-2H3;2*1-2H3. The molecule has 2 aromatic rings. The lowest BCUT2D eigenvalue weighted by molar-refractivity contribution is 0.289. The zero-order valence-corrected chi connectivity index (χ0v) is 16.1. The second-order valence-electron chi connectivity index (χ2n) is 5.84. The van der Waals surface area contributed by atoms with Crippen LogP contribution in [-0.2, 0) is 11.8 Å². The van der Waals surface area contributed by atoms with Crippen molar-refractivity contribution in [2.24, 2.45) is 0 Å². The predicted molar refractivity (Wildman–Crippen MR) is 106 cm³/mol. The molecule has 0 unspecified atom stereocenters. The highest BCUT2D eigenvalue weighted by atomic mass is 16.5. The maximum Gasteiger partial charge on any atom is 0.123 e. The molecule has 0 atom stereocenters.